The molecule has 2 aliphatic heterocycles. The normalized spacial score (nSPS) is 33.3. The predicted molar refractivity (Wildman–Crippen MR) is 84.7 cm³/mol. The van der Waals surface area contributed by atoms with Gasteiger partial charge in [0.15, 0.2) is 0 Å². The van der Waals surface area contributed by atoms with Crippen molar-refractivity contribution in [2.45, 2.75) is 24.4 Å². The Balaban J connectivity index is 1.79. The maximum atomic E-state index is 10.4. The maximum Gasteiger partial charge on any atom is 0.121 e. The van der Waals surface area contributed by atoms with Crippen LogP contribution >= 0.6 is 8.15 Å². The number of rotatable bonds is 2. The van der Waals surface area contributed by atoms with Crippen molar-refractivity contribution < 1.29 is 19.5 Å². The van der Waals surface area contributed by atoms with Crippen LogP contribution in [0.1, 0.15) is 11.7 Å². The Morgan fingerprint density at radius 2 is 1.73 bits per heavy atom. The van der Waals surface area contributed by atoms with Crippen molar-refractivity contribution in [2.24, 2.45) is 0 Å². The molecule has 4 nitrogen and oxygen atoms in total. The Bertz CT molecular complexity index is 663. The van der Waals surface area contributed by atoms with E-state index in [1.165, 1.54) is 0 Å². The molecule has 1 unspecified atom stereocenters. The minimum absolute atomic E-state index is 0.205. The molecule has 2 aromatic carbocycles. The second-order valence-electron chi connectivity index (χ2n) is 5.53. The number of ether oxygens (including phenoxy) is 1. The Morgan fingerprint density at radius 1 is 1.00 bits per heavy atom. The minimum Gasteiger partial charge on any atom is -0.394 e. The van der Waals surface area contributed by atoms with Crippen LogP contribution in [-0.2, 0) is 9.26 Å². The van der Waals surface area contributed by atoms with E-state index in [0.29, 0.717) is 0 Å². The average Bonchev–Trinajstić information content (AvgIpc) is 2.91. The van der Waals surface area contributed by atoms with Gasteiger partial charge >= 0.3 is 0 Å². The monoisotopic (exact) mass is 316 g/mol. The van der Waals surface area contributed by atoms with Gasteiger partial charge in [-0.1, -0.05) is 54.6 Å². The molecule has 5 heteroatoms. The fourth-order valence-electron chi connectivity index (χ4n) is 3.11. The van der Waals surface area contributed by atoms with E-state index in [4.69, 9.17) is 9.26 Å². The number of hydrogen-bond donors (Lipinski definition) is 2. The Labute approximate surface area is 130 Å². The van der Waals surface area contributed by atoms with Gasteiger partial charge in [-0.2, -0.15) is 0 Å². The highest BCUT2D eigenvalue weighted by atomic mass is 31.1. The summed E-state index contributed by atoms with van der Waals surface area (Å²) in [6, 6.07) is 18.1. The summed E-state index contributed by atoms with van der Waals surface area (Å²) < 4.78 is 12.1. The SMILES string of the molecule is OC[C@H]1O[C@H]2c3ccccc3P(c3ccccc3)O[C@@H]2[C@@H]1O. The molecule has 4 rings (SSSR count). The van der Waals surface area contributed by atoms with E-state index in [1.54, 1.807) is 0 Å². The van der Waals surface area contributed by atoms with Crippen LogP contribution in [0.25, 0.3) is 0 Å². The van der Waals surface area contributed by atoms with Crippen LogP contribution in [0.3, 0.4) is 0 Å². The minimum atomic E-state index is -0.987. The molecule has 2 aromatic rings. The van der Waals surface area contributed by atoms with Gasteiger partial charge in [-0.3, -0.25) is 0 Å². The van der Waals surface area contributed by atoms with E-state index in [9.17, 15) is 10.2 Å². The first-order chi connectivity index (χ1) is 10.8. The second-order valence-corrected chi connectivity index (χ2v) is 7.32. The lowest BCUT2D eigenvalue weighted by Crippen LogP contribution is -2.38. The van der Waals surface area contributed by atoms with E-state index >= 15 is 0 Å². The van der Waals surface area contributed by atoms with Crippen molar-refractivity contribution in [2.75, 3.05) is 6.61 Å². The summed E-state index contributed by atoms with van der Waals surface area (Å²) in [5, 5.41) is 22.0. The zero-order valence-corrected chi connectivity index (χ0v) is 12.8. The van der Waals surface area contributed by atoms with Crippen LogP contribution in [-0.4, -0.2) is 35.1 Å². The molecule has 2 aliphatic rings. The number of hydrogen-bond acceptors (Lipinski definition) is 4. The van der Waals surface area contributed by atoms with E-state index in [2.05, 4.69) is 18.2 Å². The van der Waals surface area contributed by atoms with Crippen LogP contribution in [0.5, 0.6) is 0 Å². The Hall–Kier alpha value is -1.29. The predicted octanol–water partition coefficient (Wildman–Crippen LogP) is 1.23. The summed E-state index contributed by atoms with van der Waals surface area (Å²) >= 11 is 0. The zero-order valence-electron chi connectivity index (χ0n) is 11.9. The Kier molecular flexibility index (Phi) is 3.73. The smallest absolute Gasteiger partial charge is 0.121 e. The van der Waals surface area contributed by atoms with Crippen LogP contribution in [0, 0.1) is 0 Å². The van der Waals surface area contributed by atoms with Gasteiger partial charge in [0, 0.05) is 10.6 Å². The summed E-state index contributed by atoms with van der Waals surface area (Å²) in [4.78, 5) is 0. The lowest BCUT2D eigenvalue weighted by molar-refractivity contribution is -0.0225. The molecule has 0 radical (unpaired) electrons. The molecular weight excluding hydrogens is 299 g/mol. The number of benzene rings is 2. The molecule has 5 atom stereocenters. The first-order valence-electron chi connectivity index (χ1n) is 7.35. The Morgan fingerprint density at radius 3 is 2.50 bits per heavy atom. The summed E-state index contributed by atoms with van der Waals surface area (Å²) in [6.07, 6.45) is -2.14. The lowest BCUT2D eigenvalue weighted by atomic mass is 10.0. The van der Waals surface area contributed by atoms with Crippen molar-refractivity contribution in [3.63, 3.8) is 0 Å². The van der Waals surface area contributed by atoms with Crippen molar-refractivity contribution in [3.8, 4) is 0 Å². The number of fused-ring (bicyclic) bond motifs is 3. The van der Waals surface area contributed by atoms with Gasteiger partial charge in [-0.25, -0.2) is 0 Å². The first kappa shape index (κ1) is 14.3. The molecule has 0 bridgehead atoms. The zero-order chi connectivity index (χ0) is 15.1. The molecule has 0 spiro atoms. The van der Waals surface area contributed by atoms with Gasteiger partial charge in [0.25, 0.3) is 0 Å². The molecule has 0 aromatic heterocycles. The molecule has 0 amide bonds. The number of aliphatic hydroxyl groups excluding tert-OH is 2. The number of aliphatic hydroxyl groups is 2. The third kappa shape index (κ3) is 2.19. The summed E-state index contributed by atoms with van der Waals surface area (Å²) in [5.41, 5.74) is 1.06. The quantitative estimate of drug-likeness (QED) is 0.818. The summed E-state index contributed by atoms with van der Waals surface area (Å²) in [6.45, 7) is -0.205. The van der Waals surface area contributed by atoms with E-state index in [1.807, 2.05) is 36.4 Å². The fraction of sp³-hybridized carbons (Fsp3) is 0.294. The van der Waals surface area contributed by atoms with E-state index < -0.39 is 26.5 Å². The van der Waals surface area contributed by atoms with E-state index in [0.717, 1.165) is 16.2 Å². The van der Waals surface area contributed by atoms with E-state index in [-0.39, 0.29) is 12.7 Å². The van der Waals surface area contributed by atoms with Crippen LogP contribution in [0.15, 0.2) is 54.6 Å². The van der Waals surface area contributed by atoms with Gasteiger partial charge in [-0.15, -0.1) is 0 Å². The van der Waals surface area contributed by atoms with Crippen LogP contribution in [0.4, 0.5) is 0 Å². The molecule has 1 saturated heterocycles. The fourth-order valence-corrected chi connectivity index (χ4v) is 5.20. The van der Waals surface area contributed by atoms with Crippen molar-refractivity contribution in [1.29, 1.82) is 0 Å². The molecule has 114 valence electrons. The second kappa shape index (κ2) is 5.73. The average molecular weight is 316 g/mol. The lowest BCUT2D eigenvalue weighted by Gasteiger charge is -2.34. The van der Waals surface area contributed by atoms with Gasteiger partial charge in [0.05, 0.1) is 14.8 Å². The highest BCUT2D eigenvalue weighted by molar-refractivity contribution is 7.68. The van der Waals surface area contributed by atoms with Gasteiger partial charge in [0.2, 0.25) is 0 Å². The molecule has 22 heavy (non-hydrogen) atoms. The van der Waals surface area contributed by atoms with Crippen molar-refractivity contribution in [1.82, 2.24) is 0 Å². The highest BCUT2D eigenvalue weighted by Gasteiger charge is 2.50. The summed E-state index contributed by atoms with van der Waals surface area (Å²) in [7, 11) is -0.987. The maximum absolute atomic E-state index is 10.4. The third-order valence-corrected chi connectivity index (χ3v) is 6.26. The highest BCUT2D eigenvalue weighted by Crippen LogP contribution is 2.50. The van der Waals surface area contributed by atoms with Gasteiger partial charge < -0.3 is 19.5 Å². The molecular formula is C17H17O4P. The molecule has 2 heterocycles. The topological polar surface area (TPSA) is 58.9 Å². The molecule has 2 N–H and O–H groups in total. The van der Waals surface area contributed by atoms with Crippen molar-refractivity contribution in [3.05, 3.63) is 60.2 Å². The van der Waals surface area contributed by atoms with Gasteiger partial charge in [0.1, 0.15) is 24.4 Å². The first-order valence-corrected chi connectivity index (χ1v) is 8.61. The molecule has 0 saturated carbocycles. The third-order valence-electron chi connectivity index (χ3n) is 4.20. The largest absolute Gasteiger partial charge is 0.394 e. The van der Waals surface area contributed by atoms with Crippen LogP contribution in [0.2, 0.25) is 0 Å². The van der Waals surface area contributed by atoms with Gasteiger partial charge in [-0.05, 0) is 5.56 Å². The molecule has 0 aliphatic carbocycles. The standard InChI is InChI=1S/C17H17O4P/c18-10-13-15(19)17-16(20-13)12-8-4-5-9-14(12)22(21-17)11-6-2-1-3-7-11/h1-9,13,15-19H,10H2/t13-,15-,16+,17-,22?/m1/s1. The van der Waals surface area contributed by atoms with Crippen LogP contribution < -0.4 is 10.6 Å². The summed E-state index contributed by atoms with van der Waals surface area (Å²) in [5.74, 6) is 0. The van der Waals surface area contributed by atoms with Crippen molar-refractivity contribution >= 4 is 18.8 Å². The molecule has 1 fully saturated rings.